The number of carbonyl (C=O) groups is 2. The molecule has 0 bridgehead atoms. The first-order valence-electron chi connectivity index (χ1n) is 7.46. The van der Waals surface area contributed by atoms with Crippen LogP contribution in [0.15, 0.2) is 10.6 Å². The lowest BCUT2D eigenvalue weighted by atomic mass is 10.2. The van der Waals surface area contributed by atoms with Gasteiger partial charge in [0.25, 0.3) is 0 Å². The van der Waals surface area contributed by atoms with Gasteiger partial charge in [0.1, 0.15) is 5.76 Å². The summed E-state index contributed by atoms with van der Waals surface area (Å²) < 4.78 is 10.6. The zero-order valence-electron chi connectivity index (χ0n) is 13.4. The third-order valence-corrected chi connectivity index (χ3v) is 3.43. The maximum atomic E-state index is 12.0. The number of morpholine rings is 1. The van der Waals surface area contributed by atoms with E-state index >= 15 is 0 Å². The number of aromatic nitrogens is 1. The molecule has 2 amide bonds. The largest absolute Gasteiger partial charge is 0.374 e. The fraction of sp³-hybridized carbons (Fsp3) is 0.643. The van der Waals surface area contributed by atoms with E-state index in [-0.39, 0.29) is 31.0 Å². The number of hydrogen-bond acceptors (Lipinski definition) is 7. The Balaban J connectivity index is 1.76. The number of nitrogens with two attached hydrogens (primary N) is 1. The Morgan fingerprint density at radius 2 is 2.35 bits per heavy atom. The van der Waals surface area contributed by atoms with Crippen LogP contribution in [0.4, 0.5) is 5.82 Å². The van der Waals surface area contributed by atoms with E-state index in [1.165, 1.54) is 0 Å². The molecular formula is C14H23N5O4. The summed E-state index contributed by atoms with van der Waals surface area (Å²) in [6.45, 7) is 4.64. The van der Waals surface area contributed by atoms with Crippen molar-refractivity contribution in [2.45, 2.75) is 13.0 Å². The van der Waals surface area contributed by atoms with Crippen LogP contribution >= 0.6 is 0 Å². The van der Waals surface area contributed by atoms with Crippen LogP contribution in [0.2, 0.25) is 0 Å². The summed E-state index contributed by atoms with van der Waals surface area (Å²) in [6.07, 6.45) is -0.0600. The van der Waals surface area contributed by atoms with Gasteiger partial charge in [0, 0.05) is 25.7 Å². The molecule has 0 aromatic carbocycles. The van der Waals surface area contributed by atoms with Gasteiger partial charge in [-0.3, -0.25) is 19.4 Å². The van der Waals surface area contributed by atoms with E-state index in [1.807, 2.05) is 16.8 Å². The highest BCUT2D eigenvalue weighted by Crippen LogP contribution is 2.09. The second-order valence-corrected chi connectivity index (χ2v) is 5.76. The molecule has 1 aliphatic heterocycles. The van der Waals surface area contributed by atoms with Crippen molar-refractivity contribution < 1.29 is 18.8 Å². The highest BCUT2D eigenvalue weighted by Gasteiger charge is 2.23. The maximum absolute atomic E-state index is 12.0. The molecule has 128 valence electrons. The molecule has 1 aromatic heterocycles. The van der Waals surface area contributed by atoms with Crippen LogP contribution in [0.3, 0.4) is 0 Å². The molecule has 9 nitrogen and oxygen atoms in total. The Hall–Kier alpha value is -1.97. The summed E-state index contributed by atoms with van der Waals surface area (Å²) in [4.78, 5) is 26.7. The number of ether oxygens (including phenoxy) is 1. The molecule has 3 N–H and O–H groups in total. The topological polar surface area (TPSA) is 114 Å². The van der Waals surface area contributed by atoms with E-state index < -0.39 is 0 Å². The lowest BCUT2D eigenvalue weighted by molar-refractivity contribution is -0.120. The SMILES string of the molecule is Cc1cc(NC(=O)CN2CCOC(CN(C)CC(N)=O)C2)no1. The Morgan fingerprint density at radius 1 is 1.57 bits per heavy atom. The molecule has 1 unspecified atom stereocenters. The Bertz CT molecular complexity index is 547. The molecule has 0 aliphatic carbocycles. The summed E-state index contributed by atoms with van der Waals surface area (Å²) in [6, 6.07) is 1.67. The number of rotatable bonds is 7. The standard InChI is InChI=1S/C14H23N5O4/c1-10-5-13(17-23-10)16-14(21)9-19-3-4-22-11(7-19)6-18(2)8-12(15)20/h5,11H,3-4,6-9H2,1-2H3,(H2,15,20)(H,16,17,21). The van der Waals surface area contributed by atoms with Crippen molar-refractivity contribution in [3.63, 3.8) is 0 Å². The molecule has 0 radical (unpaired) electrons. The van der Waals surface area contributed by atoms with Crippen LogP contribution in [0.25, 0.3) is 0 Å². The molecule has 9 heteroatoms. The molecule has 1 aromatic rings. The van der Waals surface area contributed by atoms with Gasteiger partial charge in [-0.2, -0.15) is 0 Å². The fourth-order valence-electron chi connectivity index (χ4n) is 2.52. The molecule has 2 rings (SSSR count). The Labute approximate surface area is 134 Å². The van der Waals surface area contributed by atoms with Crippen LogP contribution in [-0.4, -0.2) is 79.3 Å². The number of hydrogen-bond donors (Lipinski definition) is 2. The molecule has 0 spiro atoms. The number of nitrogens with zero attached hydrogens (tertiary/aromatic N) is 3. The molecule has 1 fully saturated rings. The van der Waals surface area contributed by atoms with Crippen LogP contribution in [0, 0.1) is 6.92 Å². The first kappa shape index (κ1) is 17.4. The smallest absolute Gasteiger partial charge is 0.239 e. The van der Waals surface area contributed by atoms with Crippen LogP contribution < -0.4 is 11.1 Å². The molecule has 1 aliphatic rings. The van der Waals surface area contributed by atoms with E-state index in [1.54, 1.807) is 13.0 Å². The number of amides is 2. The minimum atomic E-state index is -0.373. The van der Waals surface area contributed by atoms with Gasteiger partial charge < -0.3 is 20.3 Å². The molecule has 0 saturated carbocycles. The van der Waals surface area contributed by atoms with Gasteiger partial charge in [0.2, 0.25) is 11.8 Å². The Kier molecular flexibility index (Phi) is 6.08. The van der Waals surface area contributed by atoms with Crippen molar-refractivity contribution in [3.8, 4) is 0 Å². The second-order valence-electron chi connectivity index (χ2n) is 5.76. The number of primary amides is 1. The van der Waals surface area contributed by atoms with Gasteiger partial charge in [-0.1, -0.05) is 5.16 Å². The van der Waals surface area contributed by atoms with E-state index in [2.05, 4.69) is 10.5 Å². The van der Waals surface area contributed by atoms with Gasteiger partial charge in [-0.25, -0.2) is 0 Å². The normalized spacial score (nSPS) is 19.0. The van der Waals surface area contributed by atoms with Gasteiger partial charge in [-0.15, -0.1) is 0 Å². The van der Waals surface area contributed by atoms with Gasteiger partial charge in [0.15, 0.2) is 5.82 Å². The second kappa shape index (κ2) is 8.04. The molecule has 2 heterocycles. The lowest BCUT2D eigenvalue weighted by Gasteiger charge is -2.34. The van der Waals surface area contributed by atoms with Crippen LogP contribution in [0.5, 0.6) is 0 Å². The summed E-state index contributed by atoms with van der Waals surface area (Å²) in [5.41, 5.74) is 5.17. The lowest BCUT2D eigenvalue weighted by Crippen LogP contribution is -2.49. The molecule has 1 atom stereocenters. The molecular weight excluding hydrogens is 302 g/mol. The van der Waals surface area contributed by atoms with Crippen molar-refractivity contribution in [1.29, 1.82) is 0 Å². The summed E-state index contributed by atoms with van der Waals surface area (Å²) in [5, 5.41) is 6.42. The van der Waals surface area contributed by atoms with Gasteiger partial charge in [-0.05, 0) is 14.0 Å². The first-order chi connectivity index (χ1) is 10.9. The van der Waals surface area contributed by atoms with E-state index in [0.29, 0.717) is 37.8 Å². The van der Waals surface area contributed by atoms with Crippen LogP contribution in [0.1, 0.15) is 5.76 Å². The van der Waals surface area contributed by atoms with Crippen molar-refractivity contribution >= 4 is 17.6 Å². The minimum Gasteiger partial charge on any atom is -0.374 e. The van der Waals surface area contributed by atoms with Gasteiger partial charge in [0.05, 0.1) is 25.8 Å². The Morgan fingerprint density at radius 3 is 3.00 bits per heavy atom. The first-order valence-corrected chi connectivity index (χ1v) is 7.46. The fourth-order valence-corrected chi connectivity index (χ4v) is 2.52. The average molecular weight is 325 g/mol. The highest BCUT2D eigenvalue weighted by atomic mass is 16.5. The van der Waals surface area contributed by atoms with Crippen molar-refractivity contribution in [2.75, 3.05) is 51.7 Å². The molecule has 23 heavy (non-hydrogen) atoms. The highest BCUT2D eigenvalue weighted by molar-refractivity contribution is 5.91. The number of nitrogens with one attached hydrogen (secondary N) is 1. The average Bonchev–Trinajstić information content (AvgIpc) is 2.83. The van der Waals surface area contributed by atoms with Crippen LogP contribution in [-0.2, 0) is 14.3 Å². The third kappa shape index (κ3) is 5.97. The molecule has 1 saturated heterocycles. The van der Waals surface area contributed by atoms with Crippen molar-refractivity contribution in [3.05, 3.63) is 11.8 Å². The van der Waals surface area contributed by atoms with E-state index in [4.69, 9.17) is 15.0 Å². The number of aryl methyl sites for hydroxylation is 1. The third-order valence-electron chi connectivity index (χ3n) is 3.43. The number of anilines is 1. The predicted octanol–water partition coefficient (Wildman–Crippen LogP) is -0.961. The zero-order valence-corrected chi connectivity index (χ0v) is 13.4. The van der Waals surface area contributed by atoms with Gasteiger partial charge >= 0.3 is 0 Å². The quantitative estimate of drug-likeness (QED) is 0.663. The number of likely N-dealkylation sites (N-methyl/N-ethyl adjacent to an activating group) is 1. The maximum Gasteiger partial charge on any atom is 0.239 e. The van der Waals surface area contributed by atoms with Crippen molar-refractivity contribution in [1.82, 2.24) is 15.0 Å². The van der Waals surface area contributed by atoms with E-state index in [0.717, 1.165) is 0 Å². The number of carbonyl (C=O) groups excluding carboxylic acids is 2. The summed E-state index contributed by atoms with van der Waals surface area (Å²) in [7, 11) is 1.81. The van der Waals surface area contributed by atoms with E-state index in [9.17, 15) is 9.59 Å². The monoisotopic (exact) mass is 325 g/mol. The summed E-state index contributed by atoms with van der Waals surface area (Å²) >= 11 is 0. The van der Waals surface area contributed by atoms with Crippen molar-refractivity contribution in [2.24, 2.45) is 5.73 Å². The zero-order chi connectivity index (χ0) is 16.8. The minimum absolute atomic E-state index is 0.0600. The summed E-state index contributed by atoms with van der Waals surface area (Å²) in [5.74, 6) is 0.537. The predicted molar refractivity (Wildman–Crippen MR) is 82.7 cm³/mol.